The van der Waals surface area contributed by atoms with Crippen molar-refractivity contribution in [3.8, 4) is 28.3 Å². The number of carbonyl (C=O) groups is 1. The lowest BCUT2D eigenvalue weighted by molar-refractivity contribution is 0.187. The van der Waals surface area contributed by atoms with Gasteiger partial charge in [-0.1, -0.05) is 41.9 Å². The first-order valence-electron chi connectivity index (χ1n) is 17.2. The van der Waals surface area contributed by atoms with Crippen LogP contribution in [0.3, 0.4) is 0 Å². The molecule has 0 saturated carbocycles. The molecule has 3 aromatic heterocycles. The van der Waals surface area contributed by atoms with E-state index in [4.69, 9.17) is 21.3 Å². The van der Waals surface area contributed by atoms with Gasteiger partial charge in [0.1, 0.15) is 11.2 Å². The molecule has 12 nitrogen and oxygen atoms in total. The van der Waals surface area contributed by atoms with E-state index in [0.717, 1.165) is 82.5 Å². The molecule has 1 spiro atoms. The minimum absolute atomic E-state index is 0.0841. The Morgan fingerprint density at radius 3 is 2.61 bits per heavy atom. The predicted octanol–water partition coefficient (Wildman–Crippen LogP) is 5.21. The average molecular weight is 707 g/mol. The molecule has 3 aliphatic rings. The van der Waals surface area contributed by atoms with Crippen molar-refractivity contribution in [2.24, 2.45) is 14.1 Å². The summed E-state index contributed by atoms with van der Waals surface area (Å²) in [6, 6.07) is 15.7. The molecule has 5 heterocycles. The summed E-state index contributed by atoms with van der Waals surface area (Å²) in [6.45, 7) is 4.40. The van der Waals surface area contributed by atoms with Crippen LogP contribution >= 0.6 is 11.6 Å². The van der Waals surface area contributed by atoms with Crippen molar-refractivity contribution in [3.63, 3.8) is 0 Å². The number of nitrogens with zero attached hydrogens (tertiary/aromatic N) is 5. The standard InChI is InChI=1S/C38H39ClN8O4/c1-21-23(7-6-10-26(21)42-33-31-28(13-16-40-33)45(2)37(50)46(3)35(31)48)24-8-5-9-25(32(24)39)27-19-22-11-12-29(30(22)34(43-27)51-4)47-18-15-38(20-47)14-17-41-36(49)44-38/h5-10,13,16,19,29H,11-12,14-15,17-18,20H2,1-4H3,(H,40,42)(H2,41,44,49)/t29-,38+/m1/s1. The largest absolute Gasteiger partial charge is 0.481 e. The van der Waals surface area contributed by atoms with Gasteiger partial charge in [0.15, 0.2) is 0 Å². The van der Waals surface area contributed by atoms with Crippen LogP contribution in [0.5, 0.6) is 5.88 Å². The molecule has 3 N–H and O–H groups in total. The summed E-state index contributed by atoms with van der Waals surface area (Å²) in [7, 11) is 4.77. The molecule has 2 amide bonds. The smallest absolute Gasteiger partial charge is 0.330 e. The van der Waals surface area contributed by atoms with E-state index in [-0.39, 0.29) is 17.6 Å². The number of carbonyl (C=O) groups excluding carboxylic acids is 1. The normalized spacial score (nSPS) is 20.0. The lowest BCUT2D eigenvalue weighted by atomic mass is 9.93. The van der Waals surface area contributed by atoms with Crippen LogP contribution in [0.2, 0.25) is 5.02 Å². The highest BCUT2D eigenvalue weighted by Gasteiger charge is 2.45. The van der Waals surface area contributed by atoms with E-state index in [2.05, 4.69) is 31.9 Å². The van der Waals surface area contributed by atoms with Crippen molar-refractivity contribution < 1.29 is 9.53 Å². The number of benzene rings is 2. The van der Waals surface area contributed by atoms with Crippen LogP contribution in [0.4, 0.5) is 16.3 Å². The fraction of sp³-hybridized carbons (Fsp3) is 0.342. The van der Waals surface area contributed by atoms with Crippen LogP contribution in [0.25, 0.3) is 33.3 Å². The highest BCUT2D eigenvalue weighted by atomic mass is 35.5. The number of nitrogens with one attached hydrogen (secondary N) is 3. The monoisotopic (exact) mass is 706 g/mol. The summed E-state index contributed by atoms with van der Waals surface area (Å²) in [6.07, 6.45) is 5.28. The van der Waals surface area contributed by atoms with Crippen LogP contribution in [0, 0.1) is 6.92 Å². The van der Waals surface area contributed by atoms with E-state index in [0.29, 0.717) is 34.2 Å². The molecule has 2 aromatic carbocycles. The van der Waals surface area contributed by atoms with Gasteiger partial charge >= 0.3 is 11.7 Å². The molecule has 2 aliphatic heterocycles. The number of amides is 2. The maximum Gasteiger partial charge on any atom is 0.330 e. The van der Waals surface area contributed by atoms with Crippen molar-refractivity contribution >= 4 is 40.0 Å². The second-order valence-electron chi connectivity index (χ2n) is 13.8. The number of methoxy groups -OCH3 is 1. The lowest BCUT2D eigenvalue weighted by Crippen LogP contribution is -2.59. The highest BCUT2D eigenvalue weighted by molar-refractivity contribution is 6.36. The SMILES string of the molecule is COc1nc(-c2cccc(-c3cccc(Nc4nccc5c4c(=O)n(C)c(=O)n5C)c3C)c2Cl)cc2c1[C@H](N1CC[C@@]3(CCNC(=O)N3)C1)CC2. The van der Waals surface area contributed by atoms with Crippen molar-refractivity contribution in [3.05, 3.63) is 97.3 Å². The van der Waals surface area contributed by atoms with Crippen LogP contribution in [0.1, 0.15) is 42.0 Å². The Bertz CT molecular complexity index is 2370. The van der Waals surface area contributed by atoms with Crippen molar-refractivity contribution in [1.29, 1.82) is 0 Å². The Morgan fingerprint density at radius 2 is 1.80 bits per heavy atom. The molecule has 1 aliphatic carbocycles. The third-order valence-corrected chi connectivity index (χ3v) is 11.4. The molecule has 51 heavy (non-hydrogen) atoms. The second-order valence-corrected chi connectivity index (χ2v) is 14.2. The quantitative estimate of drug-likeness (QED) is 0.219. The summed E-state index contributed by atoms with van der Waals surface area (Å²) >= 11 is 7.25. The third-order valence-electron chi connectivity index (χ3n) is 10.9. The minimum atomic E-state index is -0.420. The van der Waals surface area contributed by atoms with Gasteiger partial charge in [0.25, 0.3) is 5.56 Å². The van der Waals surface area contributed by atoms with Crippen molar-refractivity contribution in [1.82, 2.24) is 34.6 Å². The topological polar surface area (TPSA) is 135 Å². The average Bonchev–Trinajstić information content (AvgIpc) is 3.74. The predicted molar refractivity (Wildman–Crippen MR) is 198 cm³/mol. The second kappa shape index (κ2) is 12.5. The van der Waals surface area contributed by atoms with Gasteiger partial charge in [0.05, 0.1) is 28.9 Å². The van der Waals surface area contributed by atoms with E-state index < -0.39 is 11.2 Å². The van der Waals surface area contributed by atoms with E-state index >= 15 is 0 Å². The molecule has 262 valence electrons. The van der Waals surface area contributed by atoms with Gasteiger partial charge < -0.3 is 20.7 Å². The third kappa shape index (κ3) is 5.44. The highest BCUT2D eigenvalue weighted by Crippen LogP contribution is 2.46. The zero-order valence-corrected chi connectivity index (χ0v) is 29.7. The molecule has 5 aromatic rings. The molecule has 8 rings (SSSR count). The number of urea groups is 1. The Labute approximate surface area is 299 Å². The molecule has 13 heteroatoms. The number of halogens is 1. The van der Waals surface area contributed by atoms with E-state index in [1.165, 1.54) is 17.2 Å². The number of anilines is 2. The molecule has 2 fully saturated rings. The van der Waals surface area contributed by atoms with E-state index in [9.17, 15) is 14.4 Å². The molecular weight excluding hydrogens is 668 g/mol. The lowest BCUT2D eigenvalue weighted by Gasteiger charge is -2.36. The number of pyridine rings is 2. The summed E-state index contributed by atoms with van der Waals surface area (Å²) in [5.41, 5.74) is 6.76. The zero-order valence-electron chi connectivity index (χ0n) is 29.0. The van der Waals surface area contributed by atoms with E-state index in [1.54, 1.807) is 26.4 Å². The molecule has 0 bridgehead atoms. The summed E-state index contributed by atoms with van der Waals surface area (Å²) < 4.78 is 8.48. The van der Waals surface area contributed by atoms with Crippen molar-refractivity contribution in [2.45, 2.75) is 44.2 Å². The van der Waals surface area contributed by atoms with Gasteiger partial charge in [-0.2, -0.15) is 0 Å². The first-order chi connectivity index (χ1) is 24.6. The number of rotatable bonds is 6. The molecule has 0 radical (unpaired) electrons. The van der Waals surface area contributed by atoms with Crippen molar-refractivity contribution in [2.75, 3.05) is 32.1 Å². The van der Waals surface area contributed by atoms with Gasteiger partial charge in [0, 0.05) is 68.3 Å². The van der Waals surface area contributed by atoms with Crippen LogP contribution < -0.4 is 31.9 Å². The maximum absolute atomic E-state index is 13.2. The fourth-order valence-electron chi connectivity index (χ4n) is 8.23. The van der Waals surface area contributed by atoms with Crippen LogP contribution in [-0.4, -0.2) is 62.3 Å². The first-order valence-corrected chi connectivity index (χ1v) is 17.6. The molecule has 2 saturated heterocycles. The first kappa shape index (κ1) is 33.0. The van der Waals surface area contributed by atoms with Gasteiger partial charge in [-0.15, -0.1) is 0 Å². The van der Waals surface area contributed by atoms with Gasteiger partial charge in [0.2, 0.25) is 5.88 Å². The number of ether oxygens (including phenoxy) is 1. The van der Waals surface area contributed by atoms with Gasteiger partial charge in [-0.3, -0.25) is 18.8 Å². The summed E-state index contributed by atoms with van der Waals surface area (Å²) in [5, 5.41) is 10.3. The zero-order chi connectivity index (χ0) is 35.6. The maximum atomic E-state index is 13.2. The number of hydrogen-bond acceptors (Lipinski definition) is 8. The van der Waals surface area contributed by atoms with E-state index in [1.807, 2.05) is 43.3 Å². The number of aryl methyl sites for hydroxylation is 2. The minimum Gasteiger partial charge on any atom is -0.481 e. The number of fused-ring (bicyclic) bond motifs is 2. The number of aromatic nitrogens is 4. The Hall–Kier alpha value is -5.20. The Kier molecular flexibility index (Phi) is 8.10. The van der Waals surface area contributed by atoms with Crippen LogP contribution in [0.15, 0.2) is 64.3 Å². The summed E-state index contributed by atoms with van der Waals surface area (Å²) in [4.78, 5) is 49.9. The fourth-order valence-corrected chi connectivity index (χ4v) is 8.55. The van der Waals surface area contributed by atoms with Crippen LogP contribution in [-0.2, 0) is 20.5 Å². The molecule has 0 unspecified atom stereocenters. The molecular formula is C38H39ClN8O4. The Balaban J connectivity index is 1.12. The van der Waals surface area contributed by atoms with Gasteiger partial charge in [-0.05, 0) is 67.5 Å². The summed E-state index contributed by atoms with van der Waals surface area (Å²) in [5.74, 6) is 0.969. The number of likely N-dealkylation sites (tertiary alicyclic amines) is 1. The molecule has 2 atom stereocenters. The Morgan fingerprint density at radius 1 is 1.02 bits per heavy atom. The van der Waals surface area contributed by atoms with Gasteiger partial charge in [-0.25, -0.2) is 19.6 Å². The number of hydrogen-bond donors (Lipinski definition) is 3.